The van der Waals surface area contributed by atoms with Crippen molar-refractivity contribution in [2.45, 2.75) is 26.1 Å². The third kappa shape index (κ3) is 6.45. The van der Waals surface area contributed by atoms with Crippen molar-refractivity contribution in [3.05, 3.63) is 83.4 Å². The number of aliphatic hydroxyl groups excluding tert-OH is 1. The number of ether oxygens (including phenoxy) is 2. The van der Waals surface area contributed by atoms with Crippen molar-refractivity contribution in [1.82, 2.24) is 14.3 Å². The minimum atomic E-state index is -0.732. The first-order chi connectivity index (χ1) is 14.6. The molecule has 0 aliphatic carbocycles. The van der Waals surface area contributed by atoms with E-state index in [4.69, 9.17) is 9.47 Å². The van der Waals surface area contributed by atoms with Crippen molar-refractivity contribution in [2.24, 2.45) is 0 Å². The molecular weight excluding hydrogens is 398 g/mol. The summed E-state index contributed by atoms with van der Waals surface area (Å²) in [6.07, 6.45) is 2.72. The fraction of sp³-hybridized carbons (Fsp3) is 0.304. The molecule has 7 heteroatoms. The number of benzene rings is 2. The molecule has 1 aromatic heterocycles. The first kappa shape index (κ1) is 22.1. The van der Waals surface area contributed by atoms with Gasteiger partial charge < -0.3 is 14.6 Å². The van der Waals surface area contributed by atoms with E-state index < -0.39 is 6.10 Å². The molecule has 0 saturated carbocycles. The summed E-state index contributed by atoms with van der Waals surface area (Å²) in [6, 6.07) is 16.1. The van der Waals surface area contributed by atoms with Crippen molar-refractivity contribution in [3.63, 3.8) is 0 Å². The lowest BCUT2D eigenvalue weighted by molar-refractivity contribution is 0.192. The zero-order valence-corrected chi connectivity index (χ0v) is 18.3. The van der Waals surface area contributed by atoms with E-state index in [9.17, 15) is 5.11 Å². The molecule has 1 N–H and O–H groups in total. The molecule has 0 fully saturated rings. The highest BCUT2D eigenvalue weighted by atomic mass is 32.2. The average Bonchev–Trinajstić information content (AvgIpc) is 2.78. The SMILES string of the molecule is COc1ccc(CN(Cc2ccc(OC)cc2)SCC(O)c2ncc(C)cn2)cc1. The van der Waals surface area contributed by atoms with Gasteiger partial charge in [0.25, 0.3) is 0 Å². The second-order valence-corrected chi connectivity index (χ2v) is 8.03. The molecule has 3 aromatic rings. The molecule has 3 rings (SSSR count). The van der Waals surface area contributed by atoms with Crippen LogP contribution in [0.4, 0.5) is 0 Å². The maximum atomic E-state index is 10.5. The molecule has 30 heavy (non-hydrogen) atoms. The Hall–Kier alpha value is -2.61. The van der Waals surface area contributed by atoms with E-state index in [0.29, 0.717) is 11.6 Å². The Morgan fingerprint density at radius 1 is 0.867 bits per heavy atom. The van der Waals surface area contributed by atoms with E-state index in [1.165, 1.54) is 0 Å². The number of hydrogen-bond donors (Lipinski definition) is 1. The summed E-state index contributed by atoms with van der Waals surface area (Å²) >= 11 is 1.58. The standard InChI is InChI=1S/C23H27N3O3S/c1-17-12-24-23(25-13-17)22(27)16-30-26(14-18-4-8-20(28-2)9-5-18)15-19-6-10-21(29-3)11-7-19/h4-13,22,27H,14-16H2,1-3H3. The zero-order chi connectivity index (χ0) is 21.3. The molecule has 0 saturated heterocycles. The fourth-order valence-electron chi connectivity index (χ4n) is 2.84. The third-order valence-electron chi connectivity index (χ3n) is 4.55. The Bertz CT molecular complexity index is 853. The van der Waals surface area contributed by atoms with Crippen molar-refractivity contribution in [1.29, 1.82) is 0 Å². The molecular formula is C23H27N3O3S. The van der Waals surface area contributed by atoms with Crippen molar-refractivity contribution < 1.29 is 14.6 Å². The smallest absolute Gasteiger partial charge is 0.157 e. The topological polar surface area (TPSA) is 67.7 Å². The van der Waals surface area contributed by atoms with Crippen LogP contribution in [-0.2, 0) is 13.1 Å². The summed E-state index contributed by atoms with van der Waals surface area (Å²) in [4.78, 5) is 8.48. The van der Waals surface area contributed by atoms with E-state index in [-0.39, 0.29) is 0 Å². The van der Waals surface area contributed by atoms with Crippen molar-refractivity contribution in [2.75, 3.05) is 20.0 Å². The van der Waals surface area contributed by atoms with E-state index >= 15 is 0 Å². The Morgan fingerprint density at radius 2 is 1.33 bits per heavy atom. The van der Waals surface area contributed by atoms with Gasteiger partial charge >= 0.3 is 0 Å². The highest BCUT2D eigenvalue weighted by Gasteiger charge is 2.15. The maximum absolute atomic E-state index is 10.5. The van der Waals surface area contributed by atoms with Crippen LogP contribution in [-0.4, -0.2) is 39.4 Å². The van der Waals surface area contributed by atoms with Gasteiger partial charge in [0.15, 0.2) is 5.82 Å². The highest BCUT2D eigenvalue weighted by molar-refractivity contribution is 7.97. The molecule has 1 heterocycles. The largest absolute Gasteiger partial charge is 0.497 e. The Morgan fingerprint density at radius 3 is 1.77 bits per heavy atom. The summed E-state index contributed by atoms with van der Waals surface area (Å²) in [5.74, 6) is 2.58. The lowest BCUT2D eigenvalue weighted by Crippen LogP contribution is -2.18. The second kappa shape index (κ2) is 11.0. The summed E-state index contributed by atoms with van der Waals surface area (Å²) in [5.41, 5.74) is 3.30. The fourth-order valence-corrected chi connectivity index (χ4v) is 3.82. The van der Waals surface area contributed by atoms with Crippen LogP contribution in [0, 0.1) is 6.92 Å². The molecule has 0 bridgehead atoms. The second-order valence-electron chi connectivity index (χ2n) is 6.92. The van der Waals surface area contributed by atoms with Gasteiger partial charge in [-0.15, -0.1) is 0 Å². The number of aryl methyl sites for hydroxylation is 1. The van der Waals surface area contributed by atoms with E-state index in [0.717, 1.165) is 41.3 Å². The monoisotopic (exact) mass is 425 g/mol. The Balaban J connectivity index is 1.68. The molecule has 2 aromatic carbocycles. The van der Waals surface area contributed by atoms with E-state index in [1.54, 1.807) is 38.6 Å². The van der Waals surface area contributed by atoms with Gasteiger partial charge in [0, 0.05) is 31.2 Å². The first-order valence-corrected chi connectivity index (χ1v) is 10.6. The quantitative estimate of drug-likeness (QED) is 0.489. The minimum Gasteiger partial charge on any atom is -0.497 e. The number of hydrogen-bond acceptors (Lipinski definition) is 7. The molecule has 158 valence electrons. The molecule has 0 radical (unpaired) electrons. The zero-order valence-electron chi connectivity index (χ0n) is 17.5. The van der Waals surface area contributed by atoms with Crippen LogP contribution in [0.5, 0.6) is 11.5 Å². The minimum absolute atomic E-state index is 0.446. The average molecular weight is 426 g/mol. The predicted molar refractivity (Wildman–Crippen MR) is 119 cm³/mol. The normalized spacial score (nSPS) is 12.0. The van der Waals surface area contributed by atoms with Crippen LogP contribution in [0.15, 0.2) is 60.9 Å². The van der Waals surface area contributed by atoms with Gasteiger partial charge in [0.2, 0.25) is 0 Å². The maximum Gasteiger partial charge on any atom is 0.157 e. The van der Waals surface area contributed by atoms with Gasteiger partial charge in [-0.05, 0) is 47.9 Å². The lowest BCUT2D eigenvalue weighted by Gasteiger charge is -2.23. The van der Waals surface area contributed by atoms with Crippen molar-refractivity contribution in [3.8, 4) is 11.5 Å². The first-order valence-electron chi connectivity index (χ1n) is 9.67. The van der Waals surface area contributed by atoms with Gasteiger partial charge in [0.1, 0.15) is 17.6 Å². The molecule has 1 atom stereocenters. The number of nitrogens with zero attached hydrogens (tertiary/aromatic N) is 3. The molecule has 0 aliphatic heterocycles. The summed E-state index contributed by atoms with van der Waals surface area (Å²) < 4.78 is 12.7. The van der Waals surface area contributed by atoms with E-state index in [2.05, 4.69) is 38.5 Å². The van der Waals surface area contributed by atoms with Crippen LogP contribution in [0.25, 0.3) is 0 Å². The number of aromatic nitrogens is 2. The summed E-state index contributed by atoms with van der Waals surface area (Å²) in [6.45, 7) is 3.38. The van der Waals surface area contributed by atoms with E-state index in [1.807, 2.05) is 31.2 Å². The van der Waals surface area contributed by atoms with Gasteiger partial charge in [-0.25, -0.2) is 14.3 Å². The van der Waals surface area contributed by atoms with Crippen LogP contribution < -0.4 is 9.47 Å². The Labute approximate surface area is 182 Å². The summed E-state index contributed by atoms with van der Waals surface area (Å²) in [5, 5.41) is 10.5. The van der Waals surface area contributed by atoms with Gasteiger partial charge in [-0.1, -0.05) is 36.2 Å². The van der Waals surface area contributed by atoms with Crippen LogP contribution in [0.2, 0.25) is 0 Å². The van der Waals surface area contributed by atoms with Crippen LogP contribution in [0.3, 0.4) is 0 Å². The van der Waals surface area contributed by atoms with Gasteiger partial charge in [0.05, 0.1) is 14.2 Å². The van der Waals surface area contributed by atoms with Gasteiger partial charge in [-0.3, -0.25) is 0 Å². The van der Waals surface area contributed by atoms with Crippen molar-refractivity contribution >= 4 is 11.9 Å². The molecule has 0 spiro atoms. The molecule has 0 amide bonds. The number of methoxy groups -OCH3 is 2. The highest BCUT2D eigenvalue weighted by Crippen LogP contribution is 2.25. The van der Waals surface area contributed by atoms with Crippen LogP contribution in [0.1, 0.15) is 28.6 Å². The third-order valence-corrected chi connectivity index (χ3v) is 5.64. The number of aliphatic hydroxyl groups is 1. The Kier molecular flexibility index (Phi) is 8.07. The lowest BCUT2D eigenvalue weighted by atomic mass is 10.2. The van der Waals surface area contributed by atoms with Gasteiger partial charge in [-0.2, -0.15) is 0 Å². The molecule has 0 aliphatic rings. The molecule has 6 nitrogen and oxygen atoms in total. The molecule has 1 unspecified atom stereocenters. The van der Waals surface area contributed by atoms with Crippen LogP contribution >= 0.6 is 11.9 Å². The predicted octanol–water partition coefficient (Wildman–Crippen LogP) is 4.19. The summed E-state index contributed by atoms with van der Waals surface area (Å²) in [7, 11) is 3.32. The number of rotatable bonds is 10.